The molecule has 0 bridgehead atoms. The zero-order valence-corrected chi connectivity index (χ0v) is 13.3. The lowest BCUT2D eigenvalue weighted by molar-refractivity contribution is 0.0180. The van der Waals surface area contributed by atoms with Crippen molar-refractivity contribution in [2.24, 2.45) is 5.41 Å². The molecule has 1 atom stereocenters. The zero-order chi connectivity index (χ0) is 14.8. The molecule has 112 valence electrons. The van der Waals surface area contributed by atoms with Gasteiger partial charge in [-0.15, -0.1) is 0 Å². The Bertz CT molecular complexity index is 433. The highest BCUT2D eigenvalue weighted by Crippen LogP contribution is 2.42. The molecule has 1 N–H and O–H groups in total. The molecule has 0 saturated heterocycles. The lowest BCUT2D eigenvalue weighted by Crippen LogP contribution is -2.25. The van der Waals surface area contributed by atoms with Crippen molar-refractivity contribution in [3.8, 4) is 5.75 Å². The van der Waals surface area contributed by atoms with Crippen LogP contribution in [0.1, 0.15) is 65.4 Å². The van der Waals surface area contributed by atoms with E-state index in [9.17, 15) is 5.11 Å². The number of rotatable bonds is 3. The van der Waals surface area contributed by atoms with Gasteiger partial charge in [0.2, 0.25) is 0 Å². The largest absolute Gasteiger partial charge is 0.491 e. The Kier molecular flexibility index (Phi) is 4.43. The third kappa shape index (κ3) is 3.76. The van der Waals surface area contributed by atoms with Crippen LogP contribution in [0.25, 0.3) is 0 Å². The van der Waals surface area contributed by atoms with Crippen LogP contribution in [0.5, 0.6) is 5.75 Å². The maximum absolute atomic E-state index is 11.0. The fourth-order valence-electron chi connectivity index (χ4n) is 3.06. The summed E-state index contributed by atoms with van der Waals surface area (Å²) in [5, 5.41) is 11.0. The minimum absolute atomic E-state index is 0.183. The first-order valence-corrected chi connectivity index (χ1v) is 7.80. The van der Waals surface area contributed by atoms with E-state index >= 15 is 0 Å². The van der Waals surface area contributed by atoms with Crippen molar-refractivity contribution in [3.05, 3.63) is 29.8 Å². The van der Waals surface area contributed by atoms with Gasteiger partial charge in [-0.1, -0.05) is 26.0 Å². The van der Waals surface area contributed by atoms with Crippen molar-refractivity contribution in [2.75, 3.05) is 0 Å². The second-order valence-corrected chi connectivity index (χ2v) is 7.24. The Labute approximate surface area is 123 Å². The molecular weight excluding hydrogens is 248 g/mol. The lowest BCUT2D eigenvalue weighted by Gasteiger charge is -2.28. The number of benzene rings is 1. The molecule has 1 aliphatic carbocycles. The van der Waals surface area contributed by atoms with Gasteiger partial charge in [0.05, 0.1) is 11.7 Å². The molecule has 1 unspecified atom stereocenters. The monoisotopic (exact) mass is 276 g/mol. The van der Waals surface area contributed by atoms with E-state index in [0.29, 0.717) is 5.41 Å². The van der Waals surface area contributed by atoms with Gasteiger partial charge in [-0.05, 0) is 69.1 Å². The molecular formula is C18H28O2. The Morgan fingerprint density at radius 1 is 1.00 bits per heavy atom. The Morgan fingerprint density at radius 3 is 2.25 bits per heavy atom. The van der Waals surface area contributed by atoms with E-state index in [1.54, 1.807) is 0 Å². The van der Waals surface area contributed by atoms with Gasteiger partial charge in [0.15, 0.2) is 0 Å². The first kappa shape index (κ1) is 15.4. The zero-order valence-electron chi connectivity index (χ0n) is 13.3. The highest BCUT2D eigenvalue weighted by molar-refractivity contribution is 5.31. The number of ether oxygens (including phenoxy) is 1. The van der Waals surface area contributed by atoms with Gasteiger partial charge >= 0.3 is 0 Å². The molecule has 0 heterocycles. The van der Waals surface area contributed by atoms with E-state index in [0.717, 1.165) is 37.0 Å². The van der Waals surface area contributed by atoms with Crippen LogP contribution >= 0.6 is 0 Å². The summed E-state index contributed by atoms with van der Waals surface area (Å²) >= 11 is 0. The highest BCUT2D eigenvalue weighted by atomic mass is 16.5. The van der Waals surface area contributed by atoms with Crippen molar-refractivity contribution in [1.29, 1.82) is 0 Å². The van der Waals surface area contributed by atoms with E-state index in [2.05, 4.69) is 13.8 Å². The Morgan fingerprint density at radius 2 is 1.65 bits per heavy atom. The van der Waals surface area contributed by atoms with E-state index < -0.39 is 5.60 Å². The summed E-state index contributed by atoms with van der Waals surface area (Å²) in [6.45, 7) is 8.65. The van der Waals surface area contributed by atoms with Gasteiger partial charge < -0.3 is 9.84 Å². The fourth-order valence-corrected chi connectivity index (χ4v) is 3.06. The van der Waals surface area contributed by atoms with Gasteiger partial charge in [-0.3, -0.25) is 0 Å². The van der Waals surface area contributed by atoms with Gasteiger partial charge in [-0.2, -0.15) is 0 Å². The third-order valence-electron chi connectivity index (χ3n) is 4.42. The SMILES string of the molecule is CC(C)Oc1ccc(C2(O)CCCC(C)(C)CC2)cc1. The Hall–Kier alpha value is -1.02. The molecule has 0 aliphatic heterocycles. The van der Waals surface area contributed by atoms with Crippen molar-refractivity contribution in [3.63, 3.8) is 0 Å². The summed E-state index contributed by atoms with van der Waals surface area (Å²) in [5.74, 6) is 0.876. The van der Waals surface area contributed by atoms with Crippen LogP contribution in [0.15, 0.2) is 24.3 Å². The molecule has 0 aromatic heterocycles. The molecule has 2 heteroatoms. The van der Waals surface area contributed by atoms with Crippen LogP contribution in [0, 0.1) is 5.41 Å². The minimum atomic E-state index is -0.663. The second-order valence-electron chi connectivity index (χ2n) is 7.24. The summed E-state index contributed by atoms with van der Waals surface area (Å²) in [6.07, 6.45) is 5.26. The van der Waals surface area contributed by atoms with Gasteiger partial charge in [0.25, 0.3) is 0 Å². The van der Waals surface area contributed by atoms with Crippen molar-refractivity contribution < 1.29 is 9.84 Å². The predicted octanol–water partition coefficient (Wildman–Crippen LogP) is 4.65. The second kappa shape index (κ2) is 5.77. The molecule has 20 heavy (non-hydrogen) atoms. The summed E-state index contributed by atoms with van der Waals surface area (Å²) in [7, 11) is 0. The summed E-state index contributed by atoms with van der Waals surface area (Å²) in [6, 6.07) is 8.00. The maximum atomic E-state index is 11.0. The first-order chi connectivity index (χ1) is 9.31. The topological polar surface area (TPSA) is 29.5 Å². The smallest absolute Gasteiger partial charge is 0.119 e. The molecule has 2 nitrogen and oxygen atoms in total. The maximum Gasteiger partial charge on any atom is 0.119 e. The fraction of sp³-hybridized carbons (Fsp3) is 0.667. The summed E-state index contributed by atoms with van der Waals surface area (Å²) < 4.78 is 5.67. The first-order valence-electron chi connectivity index (χ1n) is 7.80. The van der Waals surface area contributed by atoms with E-state index in [1.807, 2.05) is 38.1 Å². The standard InChI is InChI=1S/C18H28O2/c1-14(2)20-16-8-6-15(7-9-16)18(19)11-5-10-17(3,4)12-13-18/h6-9,14,19H,5,10-13H2,1-4H3. The van der Waals surface area contributed by atoms with Crippen LogP contribution in [0.4, 0.5) is 0 Å². The van der Waals surface area contributed by atoms with E-state index in [-0.39, 0.29) is 6.10 Å². The molecule has 1 aromatic carbocycles. The average Bonchev–Trinajstić information content (AvgIpc) is 2.50. The van der Waals surface area contributed by atoms with Crippen LogP contribution in [-0.4, -0.2) is 11.2 Å². The van der Waals surface area contributed by atoms with Crippen LogP contribution in [-0.2, 0) is 5.60 Å². The van der Waals surface area contributed by atoms with E-state index in [1.165, 1.54) is 6.42 Å². The summed E-state index contributed by atoms with van der Waals surface area (Å²) in [4.78, 5) is 0. The van der Waals surface area contributed by atoms with E-state index in [4.69, 9.17) is 4.74 Å². The molecule has 1 fully saturated rings. The molecule has 2 rings (SSSR count). The van der Waals surface area contributed by atoms with Crippen molar-refractivity contribution >= 4 is 0 Å². The molecule has 0 spiro atoms. The van der Waals surface area contributed by atoms with Crippen LogP contribution < -0.4 is 4.74 Å². The molecule has 0 radical (unpaired) electrons. The molecule has 0 amide bonds. The van der Waals surface area contributed by atoms with Gasteiger partial charge in [0, 0.05) is 0 Å². The van der Waals surface area contributed by atoms with Crippen LogP contribution in [0.2, 0.25) is 0 Å². The normalized spacial score (nSPS) is 26.3. The van der Waals surface area contributed by atoms with Gasteiger partial charge in [-0.25, -0.2) is 0 Å². The molecule has 1 saturated carbocycles. The van der Waals surface area contributed by atoms with Gasteiger partial charge in [0.1, 0.15) is 5.75 Å². The van der Waals surface area contributed by atoms with Crippen molar-refractivity contribution in [2.45, 2.75) is 71.5 Å². The quantitative estimate of drug-likeness (QED) is 0.814. The predicted molar refractivity (Wildman–Crippen MR) is 83.0 cm³/mol. The number of hydrogen-bond acceptors (Lipinski definition) is 2. The number of hydrogen-bond donors (Lipinski definition) is 1. The third-order valence-corrected chi connectivity index (χ3v) is 4.42. The summed E-state index contributed by atoms with van der Waals surface area (Å²) in [5.41, 5.74) is 0.723. The highest BCUT2D eigenvalue weighted by Gasteiger charge is 2.35. The van der Waals surface area contributed by atoms with Crippen LogP contribution in [0.3, 0.4) is 0 Å². The molecule has 1 aromatic rings. The Balaban J connectivity index is 2.13. The minimum Gasteiger partial charge on any atom is -0.491 e. The van der Waals surface area contributed by atoms with Crippen molar-refractivity contribution in [1.82, 2.24) is 0 Å². The average molecular weight is 276 g/mol. The molecule has 1 aliphatic rings. The number of aliphatic hydroxyl groups is 1. The lowest BCUT2D eigenvalue weighted by atomic mass is 9.82.